The maximum absolute atomic E-state index is 12.1. The molecule has 2 unspecified atom stereocenters. The molecule has 1 saturated carbocycles. The van der Waals surface area contributed by atoms with Crippen molar-refractivity contribution in [3.63, 3.8) is 0 Å². The van der Waals surface area contributed by atoms with E-state index in [0.717, 1.165) is 25.7 Å². The summed E-state index contributed by atoms with van der Waals surface area (Å²) in [6.07, 6.45) is 3.66. The van der Waals surface area contributed by atoms with Gasteiger partial charge in [0.25, 0.3) is 0 Å². The highest BCUT2D eigenvalue weighted by molar-refractivity contribution is 5.86. The first-order valence-corrected chi connectivity index (χ1v) is 6.61. The molecule has 0 spiro atoms. The van der Waals surface area contributed by atoms with E-state index in [1.165, 1.54) is 0 Å². The van der Waals surface area contributed by atoms with Crippen LogP contribution in [0.15, 0.2) is 0 Å². The highest BCUT2D eigenvalue weighted by Gasteiger charge is 2.49. The van der Waals surface area contributed by atoms with Crippen LogP contribution in [0, 0.1) is 5.92 Å². The van der Waals surface area contributed by atoms with E-state index < -0.39 is 11.5 Å². The summed E-state index contributed by atoms with van der Waals surface area (Å²) in [6, 6.07) is -0.181. The van der Waals surface area contributed by atoms with Crippen molar-refractivity contribution in [1.29, 1.82) is 0 Å². The third-order valence-corrected chi connectivity index (χ3v) is 3.89. The van der Waals surface area contributed by atoms with Crippen molar-refractivity contribution in [2.24, 2.45) is 5.92 Å². The molecule has 0 aromatic carbocycles. The molecular weight excluding hydrogens is 232 g/mol. The Hall–Kier alpha value is -1.26. The third-order valence-electron chi connectivity index (χ3n) is 3.89. The molecule has 2 amide bonds. The first-order chi connectivity index (χ1) is 8.32. The molecular formula is C13H24N2O3. The fourth-order valence-electron chi connectivity index (χ4n) is 2.11. The molecule has 0 radical (unpaired) electrons. The lowest BCUT2D eigenvalue weighted by molar-refractivity contribution is -0.144. The van der Waals surface area contributed by atoms with Gasteiger partial charge in [-0.15, -0.1) is 0 Å². The normalized spacial score (nSPS) is 19.8. The zero-order valence-electron chi connectivity index (χ0n) is 11.7. The van der Waals surface area contributed by atoms with Gasteiger partial charge in [-0.25, -0.2) is 9.59 Å². The van der Waals surface area contributed by atoms with Crippen molar-refractivity contribution >= 4 is 12.0 Å². The molecule has 1 aliphatic rings. The summed E-state index contributed by atoms with van der Waals surface area (Å²) in [4.78, 5) is 25.0. The summed E-state index contributed by atoms with van der Waals surface area (Å²) in [5.41, 5.74) is -1.13. The minimum Gasteiger partial charge on any atom is -0.480 e. The Labute approximate surface area is 109 Å². The Bertz CT molecular complexity index is 328. The summed E-state index contributed by atoms with van der Waals surface area (Å²) >= 11 is 0. The first kappa shape index (κ1) is 14.8. The van der Waals surface area contributed by atoms with Gasteiger partial charge >= 0.3 is 12.0 Å². The zero-order valence-corrected chi connectivity index (χ0v) is 11.7. The molecule has 0 heterocycles. The second-order valence-corrected chi connectivity index (χ2v) is 5.46. The minimum atomic E-state index is -1.13. The molecule has 5 heteroatoms. The van der Waals surface area contributed by atoms with Gasteiger partial charge in [0.2, 0.25) is 0 Å². The second kappa shape index (κ2) is 5.59. The van der Waals surface area contributed by atoms with Gasteiger partial charge in [0.05, 0.1) is 0 Å². The van der Waals surface area contributed by atoms with Crippen molar-refractivity contribution in [2.75, 3.05) is 7.05 Å². The number of hydrogen-bond acceptors (Lipinski definition) is 2. The predicted molar refractivity (Wildman–Crippen MR) is 69.4 cm³/mol. The number of aliphatic carboxylic acids is 1. The number of nitrogens with one attached hydrogen (secondary N) is 1. The predicted octanol–water partition coefficient (Wildman–Crippen LogP) is 2.07. The topological polar surface area (TPSA) is 69.6 Å². The third kappa shape index (κ3) is 3.15. The second-order valence-electron chi connectivity index (χ2n) is 5.46. The largest absolute Gasteiger partial charge is 0.480 e. The Morgan fingerprint density at radius 3 is 2.44 bits per heavy atom. The van der Waals surface area contributed by atoms with Crippen LogP contribution in [0.4, 0.5) is 4.79 Å². The lowest BCUT2D eigenvalue weighted by Gasteiger charge is -2.31. The molecule has 0 aromatic heterocycles. The number of carboxylic acids is 1. The maximum atomic E-state index is 12.1. The summed E-state index contributed by atoms with van der Waals surface area (Å²) < 4.78 is 0. The van der Waals surface area contributed by atoms with Gasteiger partial charge in [0.1, 0.15) is 5.54 Å². The molecule has 0 aliphatic heterocycles. The van der Waals surface area contributed by atoms with Crippen LogP contribution in [0.5, 0.6) is 0 Å². The average molecular weight is 256 g/mol. The summed E-state index contributed by atoms with van der Waals surface area (Å²) in [6.45, 7) is 5.63. The van der Waals surface area contributed by atoms with Crippen molar-refractivity contribution in [3.05, 3.63) is 0 Å². The summed E-state index contributed by atoms with van der Waals surface area (Å²) in [7, 11) is 1.71. The molecule has 1 rings (SSSR count). The van der Waals surface area contributed by atoms with Crippen LogP contribution in [0.1, 0.15) is 46.5 Å². The highest BCUT2D eigenvalue weighted by atomic mass is 16.4. The van der Waals surface area contributed by atoms with E-state index in [2.05, 4.69) is 12.2 Å². The molecule has 104 valence electrons. The van der Waals surface area contributed by atoms with Crippen LogP contribution in [0.2, 0.25) is 0 Å². The minimum absolute atomic E-state index is 0.0637. The molecule has 1 fully saturated rings. The molecule has 18 heavy (non-hydrogen) atoms. The number of urea groups is 1. The zero-order chi connectivity index (χ0) is 13.9. The Morgan fingerprint density at radius 2 is 2.06 bits per heavy atom. The molecule has 0 bridgehead atoms. The monoisotopic (exact) mass is 256 g/mol. The van der Waals surface area contributed by atoms with E-state index >= 15 is 0 Å². The lowest BCUT2D eigenvalue weighted by atomic mass is 9.96. The summed E-state index contributed by atoms with van der Waals surface area (Å²) in [5.74, 6) is -0.885. The first-order valence-electron chi connectivity index (χ1n) is 6.61. The number of rotatable bonds is 6. The molecule has 0 saturated heterocycles. The molecule has 2 atom stereocenters. The van der Waals surface area contributed by atoms with Crippen LogP contribution >= 0.6 is 0 Å². The smallest absolute Gasteiger partial charge is 0.329 e. The van der Waals surface area contributed by atoms with Gasteiger partial charge in [-0.05, 0) is 39.0 Å². The highest BCUT2D eigenvalue weighted by Crippen LogP contribution is 2.39. The lowest BCUT2D eigenvalue weighted by Crippen LogP contribution is -2.58. The van der Waals surface area contributed by atoms with Gasteiger partial charge in [-0.3, -0.25) is 0 Å². The van der Waals surface area contributed by atoms with Crippen LogP contribution in [-0.2, 0) is 4.79 Å². The van der Waals surface area contributed by atoms with Crippen molar-refractivity contribution in [2.45, 2.75) is 58.0 Å². The van der Waals surface area contributed by atoms with Crippen molar-refractivity contribution in [1.82, 2.24) is 10.2 Å². The van der Waals surface area contributed by atoms with Crippen LogP contribution in [0.3, 0.4) is 0 Å². The van der Waals surface area contributed by atoms with E-state index in [0.29, 0.717) is 0 Å². The maximum Gasteiger partial charge on any atom is 0.329 e. The number of hydrogen-bond donors (Lipinski definition) is 2. The number of carboxylic acid groups (broad SMARTS) is 1. The molecule has 5 nitrogen and oxygen atoms in total. The SMILES string of the molecule is CCCC(C)N(C)C(=O)NC(C)(C(=O)O)C1CC1. The van der Waals surface area contributed by atoms with Crippen LogP contribution in [-0.4, -0.2) is 40.6 Å². The Kier molecular flexibility index (Phi) is 4.59. The summed E-state index contributed by atoms with van der Waals surface area (Å²) in [5, 5.41) is 12.0. The molecule has 1 aliphatic carbocycles. The quantitative estimate of drug-likeness (QED) is 0.764. The fourth-order valence-corrected chi connectivity index (χ4v) is 2.11. The van der Waals surface area contributed by atoms with E-state index in [-0.39, 0.29) is 18.0 Å². The van der Waals surface area contributed by atoms with E-state index in [1.807, 2.05) is 6.92 Å². The number of amides is 2. The van der Waals surface area contributed by atoms with E-state index in [9.17, 15) is 14.7 Å². The van der Waals surface area contributed by atoms with Crippen molar-refractivity contribution < 1.29 is 14.7 Å². The van der Waals surface area contributed by atoms with E-state index in [4.69, 9.17) is 0 Å². The van der Waals surface area contributed by atoms with Crippen LogP contribution < -0.4 is 5.32 Å². The van der Waals surface area contributed by atoms with Gasteiger partial charge in [-0.2, -0.15) is 0 Å². The van der Waals surface area contributed by atoms with Gasteiger partial charge in [-0.1, -0.05) is 13.3 Å². The Balaban J connectivity index is 2.64. The number of nitrogens with zero attached hydrogens (tertiary/aromatic N) is 1. The van der Waals surface area contributed by atoms with Gasteiger partial charge in [0.15, 0.2) is 0 Å². The number of carbonyl (C=O) groups is 2. The standard InChI is InChI=1S/C13H24N2O3/c1-5-6-9(2)15(4)12(18)14-13(3,11(16)17)10-7-8-10/h9-10H,5-8H2,1-4H3,(H,14,18)(H,16,17). The van der Waals surface area contributed by atoms with Gasteiger partial charge < -0.3 is 15.3 Å². The van der Waals surface area contributed by atoms with Gasteiger partial charge in [0, 0.05) is 13.1 Å². The average Bonchev–Trinajstić information content (AvgIpc) is 3.11. The number of carbonyl (C=O) groups excluding carboxylic acids is 1. The molecule has 0 aromatic rings. The van der Waals surface area contributed by atoms with Crippen LogP contribution in [0.25, 0.3) is 0 Å². The van der Waals surface area contributed by atoms with E-state index in [1.54, 1.807) is 18.9 Å². The Morgan fingerprint density at radius 1 is 1.50 bits per heavy atom. The van der Waals surface area contributed by atoms with Crippen molar-refractivity contribution in [3.8, 4) is 0 Å². The molecule has 2 N–H and O–H groups in total. The fraction of sp³-hybridized carbons (Fsp3) is 0.846.